The summed E-state index contributed by atoms with van der Waals surface area (Å²) in [4.78, 5) is 0. The third-order valence-corrected chi connectivity index (χ3v) is 2.24. The van der Waals surface area contributed by atoms with E-state index >= 15 is 0 Å². The van der Waals surface area contributed by atoms with E-state index in [4.69, 9.17) is 20.3 Å². The van der Waals surface area contributed by atoms with E-state index in [1.165, 1.54) is 0 Å². The summed E-state index contributed by atoms with van der Waals surface area (Å²) in [5.74, 6) is 0. The molecule has 70 valence electrons. The van der Waals surface area contributed by atoms with E-state index < -0.39 is 14.6 Å². The first-order valence-electron chi connectivity index (χ1n) is 3.85. The van der Waals surface area contributed by atoms with E-state index in [0.29, 0.717) is 6.42 Å². The highest BCUT2D eigenvalue weighted by Crippen LogP contribution is 2.22. The van der Waals surface area contributed by atoms with Gasteiger partial charge in [-0.2, -0.15) is 0 Å². The minimum atomic E-state index is -1.34. The van der Waals surface area contributed by atoms with Crippen molar-refractivity contribution in [2.24, 2.45) is 11.0 Å². The highest BCUT2D eigenvalue weighted by Gasteiger charge is 2.31. The summed E-state index contributed by atoms with van der Waals surface area (Å²) in [5.41, 5.74) is 10.5. The number of nitrogens with two attached hydrogens (primary N) is 2. The summed E-state index contributed by atoms with van der Waals surface area (Å²) in [7, 11) is 0.573. The predicted molar refractivity (Wildman–Crippen MR) is 49.1 cm³/mol. The molecule has 1 rings (SSSR count). The lowest BCUT2D eigenvalue weighted by molar-refractivity contribution is 0.00505. The Balaban J connectivity index is 2.23. The van der Waals surface area contributed by atoms with Crippen molar-refractivity contribution in [1.82, 2.24) is 0 Å². The van der Waals surface area contributed by atoms with Crippen molar-refractivity contribution < 1.29 is 14.4 Å². The normalized spacial score (nSPS) is 36.2. The Hall–Kier alpha value is 0.295. The Labute approximate surface area is 73.7 Å². The second-order valence-corrected chi connectivity index (χ2v) is 3.92. The lowest BCUT2D eigenvalue weighted by Crippen LogP contribution is -2.26. The summed E-state index contributed by atoms with van der Waals surface area (Å²) >= 11 is 0. The molecule has 1 fully saturated rings. The van der Waals surface area contributed by atoms with Gasteiger partial charge in [-0.1, -0.05) is 0 Å². The van der Waals surface area contributed by atoms with E-state index in [2.05, 4.69) is 0 Å². The van der Waals surface area contributed by atoms with Crippen LogP contribution in [0.15, 0.2) is 0 Å². The van der Waals surface area contributed by atoms with Gasteiger partial charge >= 0.3 is 0 Å². The number of aliphatic hydroxyl groups excluding tert-OH is 1. The van der Waals surface area contributed by atoms with Crippen molar-refractivity contribution in [1.29, 1.82) is 0 Å². The van der Waals surface area contributed by atoms with Crippen LogP contribution in [0.25, 0.3) is 0 Å². The number of hydrogen-bond donors (Lipinski definition) is 3. The fourth-order valence-electron chi connectivity index (χ4n) is 1.25. The minimum absolute atomic E-state index is 0.0929. The largest absolute Gasteiger partial charge is 0.390 e. The molecule has 5 N–H and O–H groups in total. The van der Waals surface area contributed by atoms with Crippen LogP contribution in [0.2, 0.25) is 0 Å². The van der Waals surface area contributed by atoms with Gasteiger partial charge < -0.3 is 14.4 Å². The Bertz CT molecular complexity index is 151. The molecule has 5 nitrogen and oxygen atoms in total. The van der Waals surface area contributed by atoms with Gasteiger partial charge in [0.1, 0.15) is 14.0 Å². The summed E-state index contributed by atoms with van der Waals surface area (Å²) in [5, 5.41) is 9.39. The van der Waals surface area contributed by atoms with Crippen LogP contribution in [-0.2, 0) is 9.26 Å². The molecule has 0 aliphatic carbocycles. The second kappa shape index (κ2) is 4.51. The Morgan fingerprint density at radius 3 is 2.75 bits per heavy atom. The molecule has 3 atom stereocenters. The fourth-order valence-corrected chi connectivity index (χ4v) is 1.57. The fraction of sp³-hybridized carbons (Fsp3) is 1.00. The molecular weight excluding hydrogens is 178 g/mol. The SMILES string of the molecule is BC1CC(O)C(COP(N)N)O1. The molecule has 0 spiro atoms. The number of aliphatic hydroxyl groups is 1. The van der Waals surface area contributed by atoms with Crippen LogP contribution in [0, 0.1) is 0 Å². The summed E-state index contributed by atoms with van der Waals surface area (Å²) in [6, 6.07) is 0.0929. The molecule has 0 saturated carbocycles. The van der Waals surface area contributed by atoms with Crippen molar-refractivity contribution in [3.05, 3.63) is 0 Å². The summed E-state index contributed by atoms with van der Waals surface area (Å²) in [6.07, 6.45) is -0.0618. The van der Waals surface area contributed by atoms with Crippen molar-refractivity contribution in [3.8, 4) is 0 Å². The van der Waals surface area contributed by atoms with Crippen LogP contribution in [-0.4, -0.2) is 37.8 Å². The maximum Gasteiger partial charge on any atom is 0.176 e. The average Bonchev–Trinajstić information content (AvgIpc) is 2.26. The molecular formula is C5H14BN2O3P. The second-order valence-electron chi connectivity index (χ2n) is 2.94. The van der Waals surface area contributed by atoms with Crippen molar-refractivity contribution >= 4 is 16.3 Å². The van der Waals surface area contributed by atoms with Gasteiger partial charge in [0.05, 0.1) is 12.7 Å². The first kappa shape index (κ1) is 10.4. The molecule has 1 heterocycles. The van der Waals surface area contributed by atoms with E-state index in [9.17, 15) is 5.11 Å². The van der Waals surface area contributed by atoms with E-state index in [1.807, 2.05) is 7.85 Å². The standard InChI is InChI=1S/C5H14BN2O3P/c6-5-1-3(9)4(11-5)2-10-12(7)8/h3-5,9H,1-2,6-8H2. The Morgan fingerprint density at radius 2 is 2.33 bits per heavy atom. The molecule has 0 aromatic heterocycles. The zero-order valence-electron chi connectivity index (χ0n) is 7.01. The average molecular weight is 192 g/mol. The van der Waals surface area contributed by atoms with Crippen LogP contribution in [0.3, 0.4) is 0 Å². The third kappa shape index (κ3) is 2.97. The maximum absolute atomic E-state index is 9.39. The molecule has 0 bridgehead atoms. The summed E-state index contributed by atoms with van der Waals surface area (Å²) < 4.78 is 10.3. The highest BCUT2D eigenvalue weighted by atomic mass is 31.2. The first-order valence-corrected chi connectivity index (χ1v) is 5.25. The van der Waals surface area contributed by atoms with Crippen LogP contribution in [0.5, 0.6) is 0 Å². The van der Waals surface area contributed by atoms with E-state index in [-0.39, 0.29) is 18.7 Å². The molecule has 12 heavy (non-hydrogen) atoms. The first-order chi connectivity index (χ1) is 5.59. The van der Waals surface area contributed by atoms with Gasteiger partial charge in [0.15, 0.2) is 8.45 Å². The molecule has 0 radical (unpaired) electrons. The smallest absolute Gasteiger partial charge is 0.176 e. The van der Waals surface area contributed by atoms with Crippen LogP contribution in [0.1, 0.15) is 6.42 Å². The lowest BCUT2D eigenvalue weighted by atomic mass is 9.96. The molecule has 0 aromatic carbocycles. The summed E-state index contributed by atoms with van der Waals surface area (Å²) in [6.45, 7) is 0.282. The predicted octanol–water partition coefficient (Wildman–Crippen LogP) is -1.74. The zero-order chi connectivity index (χ0) is 9.14. The third-order valence-electron chi connectivity index (χ3n) is 1.80. The number of hydrogen-bond acceptors (Lipinski definition) is 5. The molecule has 1 aliphatic rings. The quantitative estimate of drug-likeness (QED) is 0.364. The number of rotatable bonds is 3. The van der Waals surface area contributed by atoms with E-state index in [1.54, 1.807) is 0 Å². The Morgan fingerprint density at radius 1 is 1.67 bits per heavy atom. The molecule has 1 saturated heterocycles. The van der Waals surface area contributed by atoms with Gasteiger partial charge in [-0.05, 0) is 6.42 Å². The molecule has 7 heteroatoms. The molecule has 1 aliphatic heterocycles. The number of ether oxygens (including phenoxy) is 1. The Kier molecular flexibility index (Phi) is 3.90. The topological polar surface area (TPSA) is 90.7 Å². The highest BCUT2D eigenvalue weighted by molar-refractivity contribution is 7.47. The van der Waals surface area contributed by atoms with Gasteiger partial charge in [-0.3, -0.25) is 11.0 Å². The van der Waals surface area contributed by atoms with E-state index in [0.717, 1.165) is 0 Å². The van der Waals surface area contributed by atoms with Crippen molar-refractivity contribution in [3.63, 3.8) is 0 Å². The van der Waals surface area contributed by atoms with Crippen LogP contribution >= 0.6 is 8.45 Å². The van der Waals surface area contributed by atoms with Crippen LogP contribution < -0.4 is 11.0 Å². The molecule has 0 amide bonds. The van der Waals surface area contributed by atoms with Gasteiger partial charge in [-0.15, -0.1) is 0 Å². The van der Waals surface area contributed by atoms with Gasteiger partial charge in [0.2, 0.25) is 0 Å². The molecule has 0 aromatic rings. The maximum atomic E-state index is 9.39. The lowest BCUT2D eigenvalue weighted by Gasteiger charge is -2.15. The van der Waals surface area contributed by atoms with Crippen molar-refractivity contribution in [2.45, 2.75) is 24.6 Å². The molecule has 3 unspecified atom stereocenters. The minimum Gasteiger partial charge on any atom is -0.390 e. The van der Waals surface area contributed by atoms with Gasteiger partial charge in [0.25, 0.3) is 0 Å². The van der Waals surface area contributed by atoms with Gasteiger partial charge in [-0.25, -0.2) is 0 Å². The zero-order valence-corrected chi connectivity index (χ0v) is 7.91. The monoisotopic (exact) mass is 192 g/mol. The van der Waals surface area contributed by atoms with Crippen LogP contribution in [0.4, 0.5) is 0 Å². The van der Waals surface area contributed by atoms with Gasteiger partial charge in [0, 0.05) is 6.00 Å². The van der Waals surface area contributed by atoms with Crippen molar-refractivity contribution in [2.75, 3.05) is 6.61 Å².